The van der Waals surface area contributed by atoms with E-state index in [4.69, 9.17) is 4.74 Å². The van der Waals surface area contributed by atoms with Gasteiger partial charge in [0.05, 0.1) is 7.11 Å². The Morgan fingerprint density at radius 1 is 0.941 bits per heavy atom. The van der Waals surface area contributed by atoms with Gasteiger partial charge in [-0.15, -0.1) is 0 Å². The Kier molecular flexibility index (Phi) is 4.13. The zero-order chi connectivity index (χ0) is 12.4. The molecule has 4 heteroatoms. The molecule has 0 saturated heterocycles. The van der Waals surface area contributed by atoms with Gasteiger partial charge in [0.1, 0.15) is 11.5 Å². The summed E-state index contributed by atoms with van der Waals surface area (Å²) in [5, 5.41) is 9.41. The lowest BCUT2D eigenvalue weighted by Gasteiger charge is -2.09. The van der Waals surface area contributed by atoms with Crippen LogP contribution < -0.4 is 4.74 Å². The highest BCUT2D eigenvalue weighted by Gasteiger charge is 2.08. The largest absolute Gasteiger partial charge is 0.508 e. The van der Waals surface area contributed by atoms with Crippen LogP contribution in [0.2, 0.25) is 0 Å². The molecule has 0 unspecified atom stereocenters. The molecule has 0 fully saturated rings. The van der Waals surface area contributed by atoms with Crippen molar-refractivity contribution in [2.45, 2.75) is 0 Å². The van der Waals surface area contributed by atoms with Gasteiger partial charge in [-0.3, -0.25) is 0 Å². The number of ether oxygens (including phenoxy) is 1. The Bertz CT molecular complexity index is 553. The van der Waals surface area contributed by atoms with Gasteiger partial charge in [0.25, 0.3) is 0 Å². The molecule has 0 amide bonds. The van der Waals surface area contributed by atoms with E-state index in [2.05, 4.69) is 45.2 Å². The van der Waals surface area contributed by atoms with Crippen LogP contribution in [0.4, 0.5) is 0 Å². The molecule has 0 aliphatic rings. The van der Waals surface area contributed by atoms with Crippen LogP contribution >= 0.6 is 45.2 Å². The monoisotopic (exact) mass is 452 g/mol. The molecule has 2 aromatic carbocycles. The van der Waals surface area contributed by atoms with E-state index in [-0.39, 0.29) is 0 Å². The summed E-state index contributed by atoms with van der Waals surface area (Å²) in [4.78, 5) is 0. The van der Waals surface area contributed by atoms with Crippen molar-refractivity contribution in [3.05, 3.63) is 43.5 Å². The topological polar surface area (TPSA) is 29.5 Å². The molecule has 2 rings (SSSR count). The van der Waals surface area contributed by atoms with Crippen LogP contribution in [0.5, 0.6) is 11.5 Å². The van der Waals surface area contributed by atoms with E-state index in [1.165, 1.54) is 0 Å². The summed E-state index contributed by atoms with van der Waals surface area (Å²) in [6.45, 7) is 0. The SMILES string of the molecule is COc1ccc(-c2ccc(O)cc2I)c(I)c1. The van der Waals surface area contributed by atoms with Gasteiger partial charge in [0, 0.05) is 7.14 Å². The third kappa shape index (κ3) is 2.85. The van der Waals surface area contributed by atoms with E-state index < -0.39 is 0 Å². The predicted molar refractivity (Wildman–Crippen MR) is 85.5 cm³/mol. The minimum Gasteiger partial charge on any atom is -0.508 e. The first-order valence-electron chi connectivity index (χ1n) is 4.94. The standard InChI is InChI=1S/C13H10I2O2/c1-17-9-3-5-11(13(15)7-9)10-4-2-8(16)6-12(10)14/h2-7,16H,1H3. The Labute approximate surface area is 127 Å². The Morgan fingerprint density at radius 3 is 2.06 bits per heavy atom. The predicted octanol–water partition coefficient (Wildman–Crippen LogP) is 4.28. The van der Waals surface area contributed by atoms with E-state index in [0.29, 0.717) is 5.75 Å². The molecule has 0 radical (unpaired) electrons. The average Bonchev–Trinajstić information content (AvgIpc) is 2.30. The molecule has 2 nitrogen and oxygen atoms in total. The lowest BCUT2D eigenvalue weighted by Crippen LogP contribution is -1.89. The van der Waals surface area contributed by atoms with Crippen molar-refractivity contribution in [2.75, 3.05) is 7.11 Å². The van der Waals surface area contributed by atoms with Crippen molar-refractivity contribution >= 4 is 45.2 Å². The van der Waals surface area contributed by atoms with Crippen molar-refractivity contribution < 1.29 is 9.84 Å². The Balaban J connectivity index is 2.53. The molecule has 0 saturated carbocycles. The molecule has 0 bridgehead atoms. The molecule has 88 valence electrons. The second-order valence-electron chi connectivity index (χ2n) is 3.51. The van der Waals surface area contributed by atoms with Crippen LogP contribution in [-0.2, 0) is 0 Å². The number of aromatic hydroxyl groups is 1. The fourth-order valence-corrected chi connectivity index (χ4v) is 3.13. The van der Waals surface area contributed by atoms with Crippen LogP contribution in [0.25, 0.3) is 11.1 Å². The summed E-state index contributed by atoms with van der Waals surface area (Å²) in [7, 11) is 1.66. The molecule has 2 aromatic rings. The van der Waals surface area contributed by atoms with Gasteiger partial charge < -0.3 is 9.84 Å². The highest BCUT2D eigenvalue weighted by Crippen LogP contribution is 2.33. The van der Waals surface area contributed by atoms with Crippen molar-refractivity contribution in [1.29, 1.82) is 0 Å². The molecule has 0 aliphatic carbocycles. The van der Waals surface area contributed by atoms with Crippen molar-refractivity contribution in [3.63, 3.8) is 0 Å². The number of hydrogen-bond donors (Lipinski definition) is 1. The van der Waals surface area contributed by atoms with Crippen molar-refractivity contribution in [1.82, 2.24) is 0 Å². The number of methoxy groups -OCH3 is 1. The van der Waals surface area contributed by atoms with E-state index in [0.717, 1.165) is 24.0 Å². The molecular formula is C13H10I2O2. The normalized spacial score (nSPS) is 10.3. The summed E-state index contributed by atoms with van der Waals surface area (Å²) in [5.74, 6) is 1.15. The Morgan fingerprint density at radius 2 is 1.53 bits per heavy atom. The van der Waals surface area contributed by atoms with Gasteiger partial charge in [0.2, 0.25) is 0 Å². The van der Waals surface area contributed by atoms with E-state index in [1.807, 2.05) is 24.3 Å². The molecule has 17 heavy (non-hydrogen) atoms. The summed E-state index contributed by atoms with van der Waals surface area (Å²) in [5.41, 5.74) is 2.27. The van der Waals surface area contributed by atoms with Crippen LogP contribution in [-0.4, -0.2) is 12.2 Å². The van der Waals surface area contributed by atoms with Crippen LogP contribution in [0, 0.1) is 7.14 Å². The molecule has 0 atom stereocenters. The minimum absolute atomic E-state index is 0.293. The van der Waals surface area contributed by atoms with Gasteiger partial charge >= 0.3 is 0 Å². The lowest BCUT2D eigenvalue weighted by atomic mass is 10.1. The minimum atomic E-state index is 0.293. The maximum absolute atomic E-state index is 9.41. The van der Waals surface area contributed by atoms with Gasteiger partial charge in [-0.25, -0.2) is 0 Å². The van der Waals surface area contributed by atoms with E-state index in [1.54, 1.807) is 19.2 Å². The number of rotatable bonds is 2. The third-order valence-corrected chi connectivity index (χ3v) is 4.20. The summed E-state index contributed by atoms with van der Waals surface area (Å²) < 4.78 is 7.35. The fourth-order valence-electron chi connectivity index (χ4n) is 1.56. The first-order valence-corrected chi connectivity index (χ1v) is 7.10. The Hall–Kier alpha value is -0.500. The number of phenols is 1. The quantitative estimate of drug-likeness (QED) is 0.690. The highest BCUT2D eigenvalue weighted by atomic mass is 127. The zero-order valence-electron chi connectivity index (χ0n) is 9.08. The van der Waals surface area contributed by atoms with Crippen LogP contribution in [0.1, 0.15) is 0 Å². The summed E-state index contributed by atoms with van der Waals surface area (Å²) >= 11 is 4.52. The molecule has 1 N–H and O–H groups in total. The smallest absolute Gasteiger partial charge is 0.119 e. The molecular weight excluding hydrogens is 442 g/mol. The van der Waals surface area contributed by atoms with Gasteiger partial charge in [0.15, 0.2) is 0 Å². The maximum Gasteiger partial charge on any atom is 0.119 e. The number of phenolic OH excluding ortho intramolecular Hbond substituents is 1. The first kappa shape index (κ1) is 12.9. The van der Waals surface area contributed by atoms with E-state index in [9.17, 15) is 5.11 Å². The third-order valence-electron chi connectivity index (χ3n) is 2.42. The first-order chi connectivity index (χ1) is 8.11. The lowest BCUT2D eigenvalue weighted by molar-refractivity contribution is 0.414. The van der Waals surface area contributed by atoms with E-state index >= 15 is 0 Å². The second kappa shape index (κ2) is 5.43. The van der Waals surface area contributed by atoms with Crippen LogP contribution in [0.15, 0.2) is 36.4 Å². The number of halogens is 2. The number of benzene rings is 2. The van der Waals surface area contributed by atoms with Gasteiger partial charge in [-0.2, -0.15) is 0 Å². The fraction of sp³-hybridized carbons (Fsp3) is 0.0769. The molecule has 0 aromatic heterocycles. The number of hydrogen-bond acceptors (Lipinski definition) is 2. The maximum atomic E-state index is 9.41. The van der Waals surface area contributed by atoms with Gasteiger partial charge in [-0.1, -0.05) is 0 Å². The molecule has 0 aliphatic heterocycles. The highest BCUT2D eigenvalue weighted by molar-refractivity contribution is 14.1. The van der Waals surface area contributed by atoms with Gasteiger partial charge in [-0.05, 0) is 92.7 Å². The van der Waals surface area contributed by atoms with Crippen LogP contribution in [0.3, 0.4) is 0 Å². The zero-order valence-corrected chi connectivity index (χ0v) is 13.4. The van der Waals surface area contributed by atoms with Crippen molar-refractivity contribution in [3.8, 4) is 22.6 Å². The molecule has 0 spiro atoms. The van der Waals surface area contributed by atoms with Crippen molar-refractivity contribution in [2.24, 2.45) is 0 Å². The summed E-state index contributed by atoms with van der Waals surface area (Å²) in [6, 6.07) is 11.4. The average molecular weight is 452 g/mol. The molecule has 0 heterocycles. The summed E-state index contributed by atoms with van der Waals surface area (Å²) in [6.07, 6.45) is 0. The second-order valence-corrected chi connectivity index (χ2v) is 5.83.